The van der Waals surface area contributed by atoms with Crippen LogP contribution in [0.2, 0.25) is 0 Å². The summed E-state index contributed by atoms with van der Waals surface area (Å²) in [6.45, 7) is 0. The van der Waals surface area contributed by atoms with Crippen LogP contribution in [-0.2, 0) is 6.42 Å². The molecule has 2 aromatic heterocycles. The van der Waals surface area contributed by atoms with Crippen LogP contribution in [0.25, 0.3) is 64.5 Å². The average molecular weight is 684 g/mol. The van der Waals surface area contributed by atoms with Crippen molar-refractivity contribution in [1.29, 1.82) is 0 Å². The summed E-state index contributed by atoms with van der Waals surface area (Å²) >= 11 is 1.88. The first-order chi connectivity index (χ1) is 25.8. The third-order valence-electron chi connectivity index (χ3n) is 10.1. The molecule has 2 heterocycles. The van der Waals surface area contributed by atoms with Gasteiger partial charge in [0.15, 0.2) is 0 Å². The van der Waals surface area contributed by atoms with Crippen molar-refractivity contribution in [3.05, 3.63) is 199 Å². The highest BCUT2D eigenvalue weighted by molar-refractivity contribution is 7.26. The zero-order valence-electron chi connectivity index (χ0n) is 28.4. The van der Waals surface area contributed by atoms with Crippen LogP contribution in [0.3, 0.4) is 0 Å². The second-order valence-corrected chi connectivity index (χ2v) is 14.4. The fraction of sp³-hybridized carbons (Fsp3) is 0.0204. The van der Waals surface area contributed by atoms with E-state index < -0.39 is 0 Å². The number of nitrogens with zero attached hydrogens (tertiary/aromatic N) is 1. The molecule has 0 spiro atoms. The Morgan fingerprint density at radius 3 is 1.88 bits per heavy atom. The predicted octanol–water partition coefficient (Wildman–Crippen LogP) is 14.4. The van der Waals surface area contributed by atoms with Gasteiger partial charge in [-0.1, -0.05) is 133 Å². The normalized spacial score (nSPS) is 12.0. The molecule has 0 aliphatic heterocycles. The first-order valence-electron chi connectivity index (χ1n) is 17.7. The van der Waals surface area contributed by atoms with E-state index in [4.69, 9.17) is 4.42 Å². The van der Waals surface area contributed by atoms with Gasteiger partial charge in [0.1, 0.15) is 11.2 Å². The van der Waals surface area contributed by atoms with Crippen molar-refractivity contribution >= 4 is 92.9 Å². The fourth-order valence-electron chi connectivity index (χ4n) is 7.64. The van der Waals surface area contributed by atoms with Crippen molar-refractivity contribution < 1.29 is 4.42 Å². The summed E-state index contributed by atoms with van der Waals surface area (Å²) in [7, 11) is 0. The summed E-state index contributed by atoms with van der Waals surface area (Å²) in [6, 6.07) is 65.2. The SMILES string of the molecule is C(=C(\Cc1ccccc1)c1ccccc1)/c1cc2c3ccc(N(c4ccccc4)c4ccc5c(c4)oc4ccccc45)cc3sc2c2ccccc12. The maximum absolute atomic E-state index is 6.34. The second kappa shape index (κ2) is 12.7. The Balaban J connectivity index is 1.14. The van der Waals surface area contributed by atoms with E-state index >= 15 is 0 Å². The molecule has 0 unspecified atom stereocenters. The van der Waals surface area contributed by atoms with Crippen LogP contribution in [0.4, 0.5) is 17.1 Å². The van der Waals surface area contributed by atoms with E-state index in [0.29, 0.717) is 0 Å². The van der Waals surface area contributed by atoms with Gasteiger partial charge < -0.3 is 9.32 Å². The number of thiophene rings is 1. The third kappa shape index (κ3) is 5.35. The molecule has 0 radical (unpaired) electrons. The minimum Gasteiger partial charge on any atom is -0.456 e. The van der Waals surface area contributed by atoms with E-state index in [1.165, 1.54) is 53.2 Å². The molecule has 2 nitrogen and oxygen atoms in total. The summed E-state index contributed by atoms with van der Waals surface area (Å²) in [5.41, 5.74) is 10.2. The highest BCUT2D eigenvalue weighted by Crippen LogP contribution is 2.45. The molecule has 0 aliphatic rings. The van der Waals surface area contributed by atoms with E-state index in [0.717, 1.165) is 45.4 Å². The number of fused-ring (bicyclic) bond motifs is 8. The van der Waals surface area contributed by atoms with Gasteiger partial charge in [0.25, 0.3) is 0 Å². The third-order valence-corrected chi connectivity index (χ3v) is 11.3. The zero-order chi connectivity index (χ0) is 34.4. The summed E-state index contributed by atoms with van der Waals surface area (Å²) in [6.07, 6.45) is 3.27. The van der Waals surface area contributed by atoms with Crippen molar-refractivity contribution in [2.24, 2.45) is 0 Å². The van der Waals surface area contributed by atoms with Crippen LogP contribution in [0.15, 0.2) is 186 Å². The number of furan rings is 1. The Kier molecular flexibility index (Phi) is 7.44. The van der Waals surface area contributed by atoms with Gasteiger partial charge in [0, 0.05) is 59.5 Å². The minimum atomic E-state index is 0.861. The molecule has 10 aromatic rings. The Morgan fingerprint density at radius 1 is 0.481 bits per heavy atom. The number of para-hydroxylation sites is 2. The molecule has 246 valence electrons. The summed E-state index contributed by atoms with van der Waals surface area (Å²) in [5, 5.41) is 7.39. The quantitative estimate of drug-likeness (QED) is 0.156. The Bertz CT molecular complexity index is 2920. The van der Waals surface area contributed by atoms with E-state index in [1.54, 1.807) is 0 Å². The molecule has 0 fully saturated rings. The molecule has 0 aliphatic carbocycles. The first kappa shape index (κ1) is 30.4. The molecule has 0 saturated carbocycles. The maximum Gasteiger partial charge on any atom is 0.137 e. The Morgan fingerprint density at radius 2 is 1.10 bits per heavy atom. The highest BCUT2D eigenvalue weighted by atomic mass is 32.1. The number of allylic oxidation sites excluding steroid dienone is 1. The Hall–Kier alpha value is -6.42. The lowest BCUT2D eigenvalue weighted by molar-refractivity contribution is 0.669. The summed E-state index contributed by atoms with van der Waals surface area (Å²) in [4.78, 5) is 2.33. The van der Waals surface area contributed by atoms with Gasteiger partial charge in [0.2, 0.25) is 0 Å². The molecule has 0 N–H and O–H groups in total. The van der Waals surface area contributed by atoms with Gasteiger partial charge in [-0.3, -0.25) is 0 Å². The first-order valence-corrected chi connectivity index (χ1v) is 18.5. The number of rotatable bonds is 7. The van der Waals surface area contributed by atoms with Gasteiger partial charge >= 0.3 is 0 Å². The van der Waals surface area contributed by atoms with Gasteiger partial charge in [-0.05, 0) is 82.6 Å². The van der Waals surface area contributed by atoms with E-state index in [1.807, 2.05) is 23.5 Å². The van der Waals surface area contributed by atoms with Gasteiger partial charge in [0.05, 0.1) is 0 Å². The van der Waals surface area contributed by atoms with Gasteiger partial charge in [-0.25, -0.2) is 0 Å². The number of hydrogen-bond donors (Lipinski definition) is 0. The maximum atomic E-state index is 6.34. The molecule has 0 amide bonds. The average Bonchev–Trinajstić information content (AvgIpc) is 3.77. The van der Waals surface area contributed by atoms with Crippen molar-refractivity contribution in [1.82, 2.24) is 0 Å². The lowest BCUT2D eigenvalue weighted by atomic mass is 9.93. The lowest BCUT2D eigenvalue weighted by Gasteiger charge is -2.25. The molecule has 0 bridgehead atoms. The number of anilines is 3. The molecular weight excluding hydrogens is 651 g/mol. The summed E-state index contributed by atoms with van der Waals surface area (Å²) in [5.74, 6) is 0. The zero-order valence-corrected chi connectivity index (χ0v) is 29.2. The number of benzene rings is 8. The minimum absolute atomic E-state index is 0.861. The molecule has 0 atom stereocenters. The molecule has 8 aromatic carbocycles. The lowest BCUT2D eigenvalue weighted by Crippen LogP contribution is -2.09. The van der Waals surface area contributed by atoms with E-state index in [2.05, 4.69) is 181 Å². The monoisotopic (exact) mass is 683 g/mol. The van der Waals surface area contributed by atoms with E-state index in [-0.39, 0.29) is 0 Å². The van der Waals surface area contributed by atoms with Gasteiger partial charge in [-0.15, -0.1) is 11.3 Å². The molecule has 3 heteroatoms. The van der Waals surface area contributed by atoms with Crippen molar-refractivity contribution in [2.75, 3.05) is 4.90 Å². The topological polar surface area (TPSA) is 16.4 Å². The summed E-state index contributed by atoms with van der Waals surface area (Å²) < 4.78 is 8.92. The van der Waals surface area contributed by atoms with Crippen LogP contribution >= 0.6 is 11.3 Å². The van der Waals surface area contributed by atoms with Crippen molar-refractivity contribution in [3.63, 3.8) is 0 Å². The number of hydrogen-bond acceptors (Lipinski definition) is 3. The van der Waals surface area contributed by atoms with Crippen molar-refractivity contribution in [2.45, 2.75) is 6.42 Å². The highest BCUT2D eigenvalue weighted by Gasteiger charge is 2.18. The van der Waals surface area contributed by atoms with Crippen LogP contribution in [0, 0.1) is 0 Å². The second-order valence-electron chi connectivity index (χ2n) is 13.3. The molecule has 10 rings (SSSR count). The molecule has 0 saturated heterocycles. The largest absolute Gasteiger partial charge is 0.456 e. The van der Waals surface area contributed by atoms with E-state index in [9.17, 15) is 0 Å². The Labute approximate surface area is 306 Å². The molecular formula is C49H33NOS. The fourth-order valence-corrected chi connectivity index (χ4v) is 8.90. The van der Waals surface area contributed by atoms with Crippen molar-refractivity contribution in [3.8, 4) is 0 Å². The van der Waals surface area contributed by atoms with Crippen LogP contribution < -0.4 is 4.90 Å². The van der Waals surface area contributed by atoms with Crippen LogP contribution in [0.5, 0.6) is 0 Å². The molecule has 52 heavy (non-hydrogen) atoms. The smallest absolute Gasteiger partial charge is 0.137 e. The van der Waals surface area contributed by atoms with Crippen LogP contribution in [0.1, 0.15) is 16.7 Å². The predicted molar refractivity (Wildman–Crippen MR) is 223 cm³/mol. The van der Waals surface area contributed by atoms with Crippen LogP contribution in [-0.4, -0.2) is 0 Å². The van der Waals surface area contributed by atoms with Gasteiger partial charge in [-0.2, -0.15) is 0 Å². The standard InChI is InChI=1S/C49H33NOS/c1-4-14-33(15-5-1)28-35(34-16-6-2-7-17-34)29-36-30-45-43-27-25-39(32-48(43)52-49(45)44-22-11-10-20-40(36)44)50(37-18-8-3-9-19-37)38-24-26-42-41-21-12-13-23-46(41)51-47(42)31-38/h1-27,29-32H,28H2/b35-29-.